The van der Waals surface area contributed by atoms with Gasteiger partial charge in [-0.25, -0.2) is 0 Å². The predicted octanol–water partition coefficient (Wildman–Crippen LogP) is 4.74. The number of thiazole rings is 1. The van der Waals surface area contributed by atoms with Crippen LogP contribution in [0.1, 0.15) is 32.1 Å². The SMILES string of the molecule is CC(=O)Nc1cccc(N=Cc2sc(=S)n(CCC(C)C)c2O)c1. The highest BCUT2D eigenvalue weighted by molar-refractivity contribution is 7.73. The second-order valence-electron chi connectivity index (χ2n) is 5.88. The van der Waals surface area contributed by atoms with Gasteiger partial charge in [-0.3, -0.25) is 14.4 Å². The van der Waals surface area contributed by atoms with Crippen molar-refractivity contribution in [1.82, 2.24) is 4.57 Å². The van der Waals surface area contributed by atoms with Crippen LogP contribution in [-0.4, -0.2) is 21.8 Å². The van der Waals surface area contributed by atoms with Crippen LogP contribution in [0.4, 0.5) is 11.4 Å². The zero-order chi connectivity index (χ0) is 17.7. The van der Waals surface area contributed by atoms with E-state index in [1.807, 2.05) is 12.1 Å². The first-order valence-electron chi connectivity index (χ1n) is 7.71. The summed E-state index contributed by atoms with van der Waals surface area (Å²) in [6.07, 6.45) is 2.56. The number of benzene rings is 1. The van der Waals surface area contributed by atoms with E-state index in [0.717, 1.165) is 6.42 Å². The first-order chi connectivity index (χ1) is 11.4. The van der Waals surface area contributed by atoms with Crippen molar-refractivity contribution in [3.8, 4) is 5.88 Å². The van der Waals surface area contributed by atoms with E-state index >= 15 is 0 Å². The van der Waals surface area contributed by atoms with Gasteiger partial charge in [0, 0.05) is 19.2 Å². The largest absolute Gasteiger partial charge is 0.493 e. The number of nitrogens with one attached hydrogen (secondary N) is 1. The summed E-state index contributed by atoms with van der Waals surface area (Å²) >= 11 is 6.66. The van der Waals surface area contributed by atoms with Crippen molar-refractivity contribution < 1.29 is 9.90 Å². The van der Waals surface area contributed by atoms with Gasteiger partial charge < -0.3 is 10.4 Å². The molecule has 7 heteroatoms. The lowest BCUT2D eigenvalue weighted by atomic mass is 10.1. The number of aromatic nitrogens is 1. The summed E-state index contributed by atoms with van der Waals surface area (Å²) < 4.78 is 2.39. The fourth-order valence-corrected chi connectivity index (χ4v) is 3.31. The zero-order valence-electron chi connectivity index (χ0n) is 13.9. The fraction of sp³-hybridized carbons (Fsp3) is 0.353. The Bertz CT molecular complexity index is 806. The first-order valence-corrected chi connectivity index (χ1v) is 8.93. The summed E-state index contributed by atoms with van der Waals surface area (Å²) in [5, 5.41) is 13.0. The summed E-state index contributed by atoms with van der Waals surface area (Å²) in [4.78, 5) is 16.1. The average molecular weight is 364 g/mol. The van der Waals surface area contributed by atoms with Gasteiger partial charge in [0.05, 0.1) is 11.9 Å². The fourth-order valence-electron chi connectivity index (χ4n) is 2.08. The lowest BCUT2D eigenvalue weighted by Gasteiger charge is -2.06. The molecule has 0 aliphatic rings. The third-order valence-corrected chi connectivity index (χ3v) is 4.69. The molecule has 2 aromatic rings. The molecule has 0 unspecified atom stereocenters. The van der Waals surface area contributed by atoms with Gasteiger partial charge >= 0.3 is 0 Å². The highest BCUT2D eigenvalue weighted by Gasteiger charge is 2.10. The van der Waals surface area contributed by atoms with Crippen LogP contribution in [0.3, 0.4) is 0 Å². The third-order valence-electron chi connectivity index (χ3n) is 3.32. The molecule has 2 N–H and O–H groups in total. The minimum Gasteiger partial charge on any atom is -0.493 e. The molecule has 2 rings (SSSR count). The molecule has 5 nitrogen and oxygen atoms in total. The van der Waals surface area contributed by atoms with Crippen molar-refractivity contribution in [3.05, 3.63) is 33.1 Å². The number of carbonyl (C=O) groups excluding carboxylic acids is 1. The van der Waals surface area contributed by atoms with Crippen LogP contribution < -0.4 is 5.32 Å². The van der Waals surface area contributed by atoms with Crippen LogP contribution in [0.25, 0.3) is 0 Å². The lowest BCUT2D eigenvalue weighted by molar-refractivity contribution is -0.114. The number of hydrogen-bond donors (Lipinski definition) is 2. The Morgan fingerprint density at radius 3 is 2.92 bits per heavy atom. The predicted molar refractivity (Wildman–Crippen MR) is 102 cm³/mol. The summed E-state index contributed by atoms with van der Waals surface area (Å²) in [6.45, 7) is 6.43. The molecule has 1 aromatic carbocycles. The molecule has 1 amide bonds. The van der Waals surface area contributed by atoms with E-state index in [2.05, 4.69) is 24.2 Å². The summed E-state index contributed by atoms with van der Waals surface area (Å²) in [7, 11) is 0. The molecular formula is C17H21N3O2S2. The highest BCUT2D eigenvalue weighted by atomic mass is 32.1. The maximum absolute atomic E-state index is 11.1. The number of hydrogen-bond acceptors (Lipinski definition) is 5. The van der Waals surface area contributed by atoms with E-state index in [-0.39, 0.29) is 11.8 Å². The van der Waals surface area contributed by atoms with Gasteiger partial charge in [0.15, 0.2) is 3.95 Å². The highest BCUT2D eigenvalue weighted by Crippen LogP contribution is 2.26. The summed E-state index contributed by atoms with van der Waals surface area (Å²) in [6, 6.07) is 7.20. The molecule has 0 atom stereocenters. The zero-order valence-corrected chi connectivity index (χ0v) is 15.6. The van der Waals surface area contributed by atoms with Crippen molar-refractivity contribution >= 4 is 47.1 Å². The van der Waals surface area contributed by atoms with Crippen LogP contribution in [0, 0.1) is 9.87 Å². The smallest absolute Gasteiger partial charge is 0.221 e. The molecule has 0 aliphatic heterocycles. The third kappa shape index (κ3) is 5.01. The van der Waals surface area contributed by atoms with Gasteiger partial charge in [-0.05, 0) is 42.8 Å². The first kappa shape index (κ1) is 18.4. The monoisotopic (exact) mass is 363 g/mol. The molecule has 0 aliphatic carbocycles. The Hall–Kier alpha value is -1.99. The number of aromatic hydroxyl groups is 1. The van der Waals surface area contributed by atoms with Crippen LogP contribution in [-0.2, 0) is 11.3 Å². The van der Waals surface area contributed by atoms with Gasteiger partial charge in [-0.15, -0.1) is 0 Å². The van der Waals surface area contributed by atoms with Gasteiger partial charge in [0.25, 0.3) is 0 Å². The van der Waals surface area contributed by atoms with Crippen molar-refractivity contribution in [2.24, 2.45) is 10.9 Å². The van der Waals surface area contributed by atoms with Crippen molar-refractivity contribution in [1.29, 1.82) is 0 Å². The summed E-state index contributed by atoms with van der Waals surface area (Å²) in [5.74, 6) is 0.571. The van der Waals surface area contributed by atoms with Crippen LogP contribution in [0.15, 0.2) is 29.3 Å². The number of nitrogens with zero attached hydrogens (tertiary/aromatic N) is 2. The van der Waals surface area contributed by atoms with Crippen molar-refractivity contribution in [2.75, 3.05) is 5.32 Å². The Morgan fingerprint density at radius 1 is 1.50 bits per heavy atom. The quantitative estimate of drug-likeness (QED) is 0.575. The van der Waals surface area contributed by atoms with E-state index in [4.69, 9.17) is 12.2 Å². The van der Waals surface area contributed by atoms with E-state index in [1.54, 1.807) is 22.9 Å². The average Bonchev–Trinajstić information content (AvgIpc) is 2.77. The second kappa shape index (κ2) is 8.21. The number of carbonyl (C=O) groups is 1. The molecule has 0 saturated heterocycles. The Labute approximate surface area is 150 Å². The number of rotatable bonds is 6. The second-order valence-corrected chi connectivity index (χ2v) is 7.56. The molecule has 0 spiro atoms. The number of amides is 1. The van der Waals surface area contributed by atoms with Crippen LogP contribution >= 0.6 is 23.6 Å². The standard InChI is InChI=1S/C17H21N3O2S2/c1-11(2)7-8-20-16(22)15(24-17(20)23)10-18-13-5-4-6-14(9-13)19-12(3)21/h4-6,9-11,22H,7-8H2,1-3H3,(H,19,21). The van der Waals surface area contributed by atoms with Gasteiger partial charge in [-0.1, -0.05) is 31.3 Å². The van der Waals surface area contributed by atoms with E-state index in [1.165, 1.54) is 18.3 Å². The number of aliphatic imine (C=N–C) groups is 1. The van der Waals surface area contributed by atoms with Crippen LogP contribution in [0.2, 0.25) is 0 Å². The normalized spacial score (nSPS) is 11.3. The topological polar surface area (TPSA) is 66.6 Å². The minimum atomic E-state index is -0.131. The maximum Gasteiger partial charge on any atom is 0.221 e. The molecule has 0 radical (unpaired) electrons. The Kier molecular flexibility index (Phi) is 6.28. The van der Waals surface area contributed by atoms with Gasteiger partial charge in [0.1, 0.15) is 4.88 Å². The summed E-state index contributed by atoms with van der Waals surface area (Å²) in [5.41, 5.74) is 1.37. The Morgan fingerprint density at radius 2 is 2.25 bits per heavy atom. The molecule has 24 heavy (non-hydrogen) atoms. The van der Waals surface area contributed by atoms with E-state index < -0.39 is 0 Å². The van der Waals surface area contributed by atoms with Crippen LogP contribution in [0.5, 0.6) is 5.88 Å². The Balaban J connectivity index is 2.19. The molecule has 0 bridgehead atoms. The number of anilines is 1. The maximum atomic E-state index is 11.1. The molecule has 0 fully saturated rings. The van der Waals surface area contributed by atoms with Gasteiger partial charge in [0.2, 0.25) is 11.8 Å². The molecule has 1 aromatic heterocycles. The van der Waals surface area contributed by atoms with Gasteiger partial charge in [-0.2, -0.15) is 0 Å². The van der Waals surface area contributed by atoms with E-state index in [9.17, 15) is 9.90 Å². The lowest BCUT2D eigenvalue weighted by Crippen LogP contribution is -2.05. The molecule has 128 valence electrons. The van der Waals surface area contributed by atoms with Crippen molar-refractivity contribution in [3.63, 3.8) is 0 Å². The minimum absolute atomic E-state index is 0.131. The molecule has 0 saturated carbocycles. The molecular weight excluding hydrogens is 342 g/mol. The molecule has 1 heterocycles. The van der Waals surface area contributed by atoms with E-state index in [0.29, 0.717) is 32.7 Å². The van der Waals surface area contributed by atoms with Crippen molar-refractivity contribution in [2.45, 2.75) is 33.7 Å².